The van der Waals surface area contributed by atoms with E-state index < -0.39 is 0 Å². The van der Waals surface area contributed by atoms with Crippen LogP contribution in [0.2, 0.25) is 0 Å². The van der Waals surface area contributed by atoms with Crippen molar-refractivity contribution < 1.29 is 0 Å². The fourth-order valence-corrected chi connectivity index (χ4v) is 10.5. The highest BCUT2D eigenvalue weighted by Crippen LogP contribution is 2.50. The van der Waals surface area contributed by atoms with Gasteiger partial charge in [-0.2, -0.15) is 0 Å². The van der Waals surface area contributed by atoms with Crippen molar-refractivity contribution in [1.29, 1.82) is 0 Å². The van der Waals surface area contributed by atoms with Crippen molar-refractivity contribution in [2.75, 3.05) is 4.90 Å². The Morgan fingerprint density at radius 3 is 1.35 bits per heavy atom. The van der Waals surface area contributed by atoms with Crippen molar-refractivity contribution in [2.45, 2.75) is 19.3 Å². The maximum Gasteiger partial charge on any atom is 0.0467 e. The van der Waals surface area contributed by atoms with Gasteiger partial charge in [-0.3, -0.25) is 0 Å². The lowest BCUT2D eigenvalue weighted by molar-refractivity contribution is 0.660. The number of hydrogen-bond donors (Lipinski definition) is 0. The van der Waals surface area contributed by atoms with Crippen molar-refractivity contribution in [3.05, 3.63) is 272 Å². The van der Waals surface area contributed by atoms with Crippen molar-refractivity contribution in [2.24, 2.45) is 0 Å². The van der Waals surface area contributed by atoms with Gasteiger partial charge in [0, 0.05) is 22.5 Å². The molecule has 0 fully saturated rings. The molecule has 0 N–H and O–H groups in total. The maximum absolute atomic E-state index is 2.41. The number of anilines is 3. The Morgan fingerprint density at radius 2 is 0.676 bits per heavy atom. The van der Waals surface area contributed by atoms with Gasteiger partial charge in [-0.05, 0) is 167 Å². The van der Waals surface area contributed by atoms with Crippen LogP contribution in [0, 0.1) is 0 Å². The lowest BCUT2D eigenvalue weighted by Gasteiger charge is -2.27. The highest BCUT2D eigenvalue weighted by atomic mass is 15.1. The van der Waals surface area contributed by atoms with E-state index in [1.54, 1.807) is 0 Å². The van der Waals surface area contributed by atoms with E-state index >= 15 is 0 Å². The molecule has 0 aliphatic heterocycles. The third-order valence-corrected chi connectivity index (χ3v) is 14.0. The molecular weight excluding hydrogens is 819 g/mol. The Morgan fingerprint density at radius 1 is 0.250 bits per heavy atom. The topological polar surface area (TPSA) is 3.24 Å². The lowest BCUT2D eigenvalue weighted by Crippen LogP contribution is -2.14. The first-order valence-electron chi connectivity index (χ1n) is 23.6. The van der Waals surface area contributed by atoms with Crippen LogP contribution in [0.3, 0.4) is 0 Å². The van der Waals surface area contributed by atoms with Gasteiger partial charge in [0.15, 0.2) is 0 Å². The zero-order chi connectivity index (χ0) is 45.6. The van der Waals surface area contributed by atoms with Crippen LogP contribution in [0.4, 0.5) is 17.1 Å². The number of fused-ring (bicyclic) bond motifs is 4. The average molecular weight is 868 g/mol. The molecule has 322 valence electrons. The van der Waals surface area contributed by atoms with E-state index in [-0.39, 0.29) is 5.41 Å². The maximum atomic E-state index is 2.41. The second kappa shape index (κ2) is 17.0. The molecule has 0 radical (unpaired) electrons. The van der Waals surface area contributed by atoms with Crippen molar-refractivity contribution in [3.63, 3.8) is 0 Å². The van der Waals surface area contributed by atoms with Crippen LogP contribution >= 0.6 is 0 Å². The van der Waals surface area contributed by atoms with Crippen LogP contribution < -0.4 is 4.90 Å². The third-order valence-electron chi connectivity index (χ3n) is 14.0. The molecule has 0 saturated carbocycles. The van der Waals surface area contributed by atoms with Gasteiger partial charge < -0.3 is 4.90 Å². The summed E-state index contributed by atoms with van der Waals surface area (Å²) >= 11 is 0. The first-order valence-corrected chi connectivity index (χ1v) is 23.6. The summed E-state index contributed by atoms with van der Waals surface area (Å²) in [6, 6.07) is 95.6. The number of rotatable bonds is 9. The Labute approximate surface area is 399 Å². The highest BCUT2D eigenvalue weighted by molar-refractivity contribution is 5.97. The van der Waals surface area contributed by atoms with Crippen LogP contribution in [-0.2, 0) is 5.41 Å². The van der Waals surface area contributed by atoms with Crippen molar-refractivity contribution in [1.82, 2.24) is 0 Å². The molecule has 0 aromatic heterocycles. The largest absolute Gasteiger partial charge is 0.310 e. The minimum atomic E-state index is -0.0593. The van der Waals surface area contributed by atoms with E-state index in [2.05, 4.69) is 280 Å². The molecule has 1 aliphatic rings. The smallest absolute Gasteiger partial charge is 0.0467 e. The fraction of sp³-hybridized carbons (Fsp3) is 0.0448. The summed E-state index contributed by atoms with van der Waals surface area (Å²) in [5.74, 6) is 0. The normalized spacial score (nSPS) is 12.4. The molecule has 0 saturated heterocycles. The van der Waals surface area contributed by atoms with Gasteiger partial charge in [0.05, 0.1) is 0 Å². The predicted molar refractivity (Wildman–Crippen MR) is 289 cm³/mol. The van der Waals surface area contributed by atoms with Crippen LogP contribution in [-0.4, -0.2) is 0 Å². The molecule has 1 aliphatic carbocycles. The molecule has 0 atom stereocenters. The van der Waals surface area contributed by atoms with Crippen molar-refractivity contribution >= 4 is 27.8 Å². The summed E-state index contributed by atoms with van der Waals surface area (Å²) in [7, 11) is 0. The van der Waals surface area contributed by atoms with E-state index in [0.717, 1.165) is 22.6 Å². The van der Waals surface area contributed by atoms with E-state index in [4.69, 9.17) is 0 Å². The standard InChI is InChI=1S/C67H49N/c1-67(2)65-29-12-11-27-63(65)64-39-34-53(45-66(64)67)48-30-35-58(36-31-48)68(60-25-14-23-52(44-60)51-22-13-24-54(40-51)62-28-15-21-50-20-9-10-26-61(50)62)59-37-32-49(33-38-59)57-42-55(46-16-5-3-6-17-46)41-56(43-57)47-18-7-4-8-19-47/h3-45H,1-2H3. The van der Waals surface area contributed by atoms with E-state index in [1.165, 1.54) is 94.2 Å². The SMILES string of the molecule is CC1(C)c2ccccc2-c2ccc(-c3ccc(N(c4ccc(-c5cc(-c6ccccc6)cc(-c6ccccc6)c5)cc4)c4cccc(-c5cccc(-c6cccc7ccccc67)c5)c4)cc3)cc21. The quantitative estimate of drug-likeness (QED) is 0.140. The minimum Gasteiger partial charge on any atom is -0.310 e. The first kappa shape index (κ1) is 40.9. The summed E-state index contributed by atoms with van der Waals surface area (Å²) < 4.78 is 0. The van der Waals surface area contributed by atoms with E-state index in [1.807, 2.05) is 0 Å². The fourth-order valence-electron chi connectivity index (χ4n) is 10.5. The molecule has 11 aromatic rings. The zero-order valence-corrected chi connectivity index (χ0v) is 38.3. The van der Waals surface area contributed by atoms with Gasteiger partial charge in [-0.1, -0.05) is 208 Å². The highest BCUT2D eigenvalue weighted by Gasteiger charge is 2.35. The molecule has 11 aromatic carbocycles. The van der Waals surface area contributed by atoms with Crippen LogP contribution in [0.1, 0.15) is 25.0 Å². The molecular formula is C67H49N. The minimum absolute atomic E-state index is 0.0593. The third kappa shape index (κ3) is 7.49. The molecule has 68 heavy (non-hydrogen) atoms. The van der Waals surface area contributed by atoms with Crippen molar-refractivity contribution in [3.8, 4) is 77.9 Å². The van der Waals surface area contributed by atoms with Gasteiger partial charge in [0.2, 0.25) is 0 Å². The van der Waals surface area contributed by atoms with Crippen LogP contribution in [0.15, 0.2) is 261 Å². The molecule has 0 heterocycles. The zero-order valence-electron chi connectivity index (χ0n) is 38.3. The Hall–Kier alpha value is -8.52. The van der Waals surface area contributed by atoms with Crippen LogP contribution in [0.5, 0.6) is 0 Å². The molecule has 0 unspecified atom stereocenters. The number of hydrogen-bond acceptors (Lipinski definition) is 1. The average Bonchev–Trinajstić information content (AvgIpc) is 3.64. The summed E-state index contributed by atoms with van der Waals surface area (Å²) in [5, 5.41) is 2.51. The first-order chi connectivity index (χ1) is 33.4. The molecule has 0 spiro atoms. The second-order valence-corrected chi connectivity index (χ2v) is 18.5. The van der Waals surface area contributed by atoms with Gasteiger partial charge in [-0.15, -0.1) is 0 Å². The molecule has 1 nitrogen and oxygen atoms in total. The van der Waals surface area contributed by atoms with Gasteiger partial charge in [-0.25, -0.2) is 0 Å². The lowest BCUT2D eigenvalue weighted by atomic mass is 9.81. The Bertz CT molecular complexity index is 3560. The second-order valence-electron chi connectivity index (χ2n) is 18.5. The van der Waals surface area contributed by atoms with E-state index in [9.17, 15) is 0 Å². The van der Waals surface area contributed by atoms with Gasteiger partial charge >= 0.3 is 0 Å². The summed E-state index contributed by atoms with van der Waals surface area (Å²) in [5.41, 5.74) is 23.0. The molecule has 0 amide bonds. The summed E-state index contributed by atoms with van der Waals surface area (Å²) in [4.78, 5) is 2.39. The molecule has 12 rings (SSSR count). The Kier molecular flexibility index (Phi) is 10.3. The molecule has 1 heteroatoms. The summed E-state index contributed by atoms with van der Waals surface area (Å²) in [6.45, 7) is 4.70. The summed E-state index contributed by atoms with van der Waals surface area (Å²) in [6.07, 6.45) is 0. The van der Waals surface area contributed by atoms with Gasteiger partial charge in [0.25, 0.3) is 0 Å². The van der Waals surface area contributed by atoms with E-state index in [0.29, 0.717) is 0 Å². The monoisotopic (exact) mass is 867 g/mol. The molecule has 0 bridgehead atoms. The number of benzene rings is 11. The Balaban J connectivity index is 0.941. The van der Waals surface area contributed by atoms with Gasteiger partial charge in [0.1, 0.15) is 0 Å². The number of nitrogens with zero attached hydrogens (tertiary/aromatic N) is 1. The van der Waals surface area contributed by atoms with Crippen LogP contribution in [0.25, 0.3) is 88.7 Å². The predicted octanol–water partition coefficient (Wildman–Crippen LogP) is 18.6.